The summed E-state index contributed by atoms with van der Waals surface area (Å²) in [4.78, 5) is 6.52. The molecule has 0 spiro atoms. The lowest BCUT2D eigenvalue weighted by atomic mass is 10.2. The van der Waals surface area contributed by atoms with Gasteiger partial charge in [-0.15, -0.1) is 10.2 Å². The molecule has 0 amide bonds. The van der Waals surface area contributed by atoms with Crippen LogP contribution in [0.4, 0.5) is 37.9 Å². The van der Waals surface area contributed by atoms with Crippen LogP contribution in [0.1, 0.15) is 29.5 Å². The molecule has 0 bridgehead atoms. The molecule has 0 atom stereocenters. The Morgan fingerprint density at radius 2 is 1.56 bits per heavy atom. The zero-order valence-corrected chi connectivity index (χ0v) is 27.3. The van der Waals surface area contributed by atoms with Crippen molar-refractivity contribution in [1.29, 1.82) is 0 Å². The van der Waals surface area contributed by atoms with Crippen LogP contribution in [0.15, 0.2) is 94.2 Å². The van der Waals surface area contributed by atoms with Crippen LogP contribution in [0, 0.1) is 13.8 Å². The predicted octanol–water partition coefficient (Wildman–Crippen LogP) is 8.08. The first-order valence-electron chi connectivity index (χ1n) is 14.4. The van der Waals surface area contributed by atoms with Gasteiger partial charge in [-0.25, -0.2) is 8.42 Å². The molecule has 6 rings (SSSR count). The summed E-state index contributed by atoms with van der Waals surface area (Å²) in [6.45, 7) is 6.26. The molecule has 45 heavy (non-hydrogen) atoms. The number of benzene rings is 3. The third kappa shape index (κ3) is 7.77. The lowest BCUT2D eigenvalue weighted by Crippen LogP contribution is -2.15. The molecule has 5 aromatic rings. The third-order valence-corrected chi connectivity index (χ3v) is 10.5. The zero-order valence-electron chi connectivity index (χ0n) is 24.8. The van der Waals surface area contributed by atoms with Crippen LogP contribution < -0.4 is 26.6 Å². The zero-order chi connectivity index (χ0) is 31.2. The van der Waals surface area contributed by atoms with Crippen LogP contribution in [0.2, 0.25) is 0 Å². The molecule has 0 unspecified atom stereocenters. The first-order chi connectivity index (χ1) is 21.8. The first-order valence-corrected chi connectivity index (χ1v) is 17.7. The summed E-state index contributed by atoms with van der Waals surface area (Å²) in [5.74, 6) is -0.171. The topological polar surface area (TPSA) is 136 Å². The molecule has 14 heteroatoms. The van der Waals surface area contributed by atoms with Gasteiger partial charge in [0.2, 0.25) is 15.0 Å². The molecule has 3 aromatic carbocycles. The molecule has 232 valence electrons. The molecule has 1 aliphatic heterocycles. The highest BCUT2D eigenvalue weighted by Gasteiger charge is 2.21. The normalized spacial score (nSPS) is 13.3. The van der Waals surface area contributed by atoms with Crippen LogP contribution in [0.25, 0.3) is 0 Å². The third-order valence-electron chi connectivity index (χ3n) is 7.22. The summed E-state index contributed by atoms with van der Waals surface area (Å²) in [5, 5.41) is 10.7. The van der Waals surface area contributed by atoms with E-state index in [-0.39, 0.29) is 16.0 Å². The van der Waals surface area contributed by atoms with Gasteiger partial charge >= 0.3 is 0 Å². The Morgan fingerprint density at radius 3 is 2.31 bits per heavy atom. The fourth-order valence-electron chi connectivity index (χ4n) is 4.83. The van der Waals surface area contributed by atoms with Crippen molar-refractivity contribution in [3.8, 4) is 0 Å². The molecule has 0 aliphatic carbocycles. The fraction of sp³-hybridized carbons (Fsp3) is 0.226. The Balaban J connectivity index is 1.01. The van der Waals surface area contributed by atoms with E-state index in [0.29, 0.717) is 11.3 Å². The molecule has 11 nitrogen and oxygen atoms in total. The summed E-state index contributed by atoms with van der Waals surface area (Å²) in [5.41, 5.74) is 19.2. The highest BCUT2D eigenvalue weighted by Crippen LogP contribution is 2.32. The standard InChI is InChI=1S/C31H33N9O2S3/c1-21-19-25(34-37-28-14-15-29(43-28)40-16-6-7-17-40)11-12-26(21)35-33-24-10-13-27(22(2)18-24)36-38-30-32-31(39-44-30)45(41,42)20-23-8-4-3-5-9-23/h3-5,8-15,18-19,33-35,37H,6-7,16-17,20H2,1-2H3. The van der Waals surface area contributed by atoms with Gasteiger partial charge in [0, 0.05) is 24.6 Å². The second-order valence-corrected chi connectivity index (χ2v) is 14.3. The SMILES string of the molecule is Cc1cc(NNc2ccc(NNc3ccc(N4CCCC4)s3)cc2C)ccc1N=Nc1nc(S(=O)(=O)Cc2ccccc2)ns1. The highest BCUT2D eigenvalue weighted by molar-refractivity contribution is 7.90. The molecular formula is C31H33N9O2S3. The predicted molar refractivity (Wildman–Crippen MR) is 184 cm³/mol. The average Bonchev–Trinajstić information content (AvgIpc) is 3.82. The molecule has 1 saturated heterocycles. The van der Waals surface area contributed by atoms with E-state index in [1.54, 1.807) is 35.6 Å². The van der Waals surface area contributed by atoms with Gasteiger partial charge in [0.05, 0.1) is 33.5 Å². The summed E-state index contributed by atoms with van der Waals surface area (Å²) in [6.07, 6.45) is 2.54. The van der Waals surface area contributed by atoms with Crippen LogP contribution >= 0.6 is 22.9 Å². The van der Waals surface area contributed by atoms with E-state index in [1.165, 1.54) is 17.8 Å². The lowest BCUT2D eigenvalue weighted by Gasteiger charge is -2.15. The van der Waals surface area contributed by atoms with Crippen LogP contribution in [0.5, 0.6) is 0 Å². The molecule has 2 aromatic heterocycles. The van der Waals surface area contributed by atoms with Crippen LogP contribution in [-0.2, 0) is 15.6 Å². The van der Waals surface area contributed by atoms with Crippen molar-refractivity contribution in [3.63, 3.8) is 0 Å². The maximum Gasteiger partial charge on any atom is 0.261 e. The monoisotopic (exact) mass is 659 g/mol. The van der Waals surface area contributed by atoms with Crippen LogP contribution in [-0.4, -0.2) is 30.9 Å². The van der Waals surface area contributed by atoms with Crippen molar-refractivity contribution >= 4 is 70.6 Å². The quantitative estimate of drug-likeness (QED) is 0.0774. The molecule has 4 N–H and O–H groups in total. The van der Waals surface area contributed by atoms with Gasteiger partial charge in [-0.2, -0.15) is 9.36 Å². The van der Waals surface area contributed by atoms with Gasteiger partial charge in [-0.1, -0.05) is 41.7 Å². The Labute approximate surface area is 270 Å². The molecule has 1 aliphatic rings. The number of hydrogen-bond donors (Lipinski definition) is 4. The van der Waals surface area contributed by atoms with Crippen molar-refractivity contribution in [3.05, 3.63) is 95.6 Å². The Bertz CT molecular complexity index is 1900. The summed E-state index contributed by atoms with van der Waals surface area (Å²) < 4.78 is 29.4. The number of aryl methyl sites for hydroxylation is 2. The number of nitrogens with one attached hydrogen (secondary N) is 4. The van der Waals surface area contributed by atoms with Gasteiger partial charge in [0.25, 0.3) is 5.16 Å². The smallest absolute Gasteiger partial charge is 0.261 e. The van der Waals surface area contributed by atoms with E-state index < -0.39 is 9.84 Å². The fourth-order valence-corrected chi connectivity index (χ4v) is 7.75. The minimum absolute atomic E-state index is 0.171. The molecule has 1 fully saturated rings. The first kappa shape index (κ1) is 30.5. The van der Waals surface area contributed by atoms with E-state index in [1.807, 2.05) is 50.2 Å². The molecule has 0 radical (unpaired) electrons. The van der Waals surface area contributed by atoms with Gasteiger partial charge in [-0.05, 0) is 91.9 Å². The number of hydrogen-bond acceptors (Lipinski definition) is 13. The van der Waals surface area contributed by atoms with Gasteiger partial charge in [0.1, 0.15) is 5.00 Å². The largest absolute Gasteiger partial charge is 0.363 e. The highest BCUT2D eigenvalue weighted by atomic mass is 32.2. The molecule has 0 saturated carbocycles. The lowest BCUT2D eigenvalue weighted by molar-refractivity contribution is 0.588. The molecule has 3 heterocycles. The maximum absolute atomic E-state index is 12.7. The van der Waals surface area contributed by atoms with Gasteiger partial charge in [0.15, 0.2) is 0 Å². The number of thiophene rings is 1. The van der Waals surface area contributed by atoms with Crippen molar-refractivity contribution in [2.75, 3.05) is 39.7 Å². The Hall–Kier alpha value is -4.53. The number of aromatic nitrogens is 2. The maximum atomic E-state index is 12.7. The Morgan fingerprint density at radius 1 is 0.822 bits per heavy atom. The number of anilines is 5. The van der Waals surface area contributed by atoms with E-state index in [2.05, 4.69) is 64.4 Å². The number of rotatable bonds is 12. The van der Waals surface area contributed by atoms with E-state index in [9.17, 15) is 8.42 Å². The minimum Gasteiger partial charge on any atom is -0.363 e. The second kappa shape index (κ2) is 13.6. The number of nitrogens with zero attached hydrogens (tertiary/aromatic N) is 5. The van der Waals surface area contributed by atoms with Crippen molar-refractivity contribution in [2.45, 2.75) is 37.6 Å². The van der Waals surface area contributed by atoms with E-state index in [4.69, 9.17) is 0 Å². The van der Waals surface area contributed by atoms with Crippen molar-refractivity contribution in [1.82, 2.24) is 9.36 Å². The van der Waals surface area contributed by atoms with Crippen molar-refractivity contribution in [2.24, 2.45) is 10.2 Å². The number of sulfone groups is 1. The second-order valence-electron chi connectivity index (χ2n) is 10.7. The summed E-state index contributed by atoms with van der Waals surface area (Å²) >= 11 is 2.66. The summed E-state index contributed by atoms with van der Waals surface area (Å²) in [7, 11) is -3.68. The molecular weight excluding hydrogens is 627 g/mol. The van der Waals surface area contributed by atoms with Gasteiger partial charge < -0.3 is 21.2 Å². The van der Waals surface area contributed by atoms with E-state index in [0.717, 1.165) is 57.8 Å². The van der Waals surface area contributed by atoms with E-state index >= 15 is 0 Å². The minimum atomic E-state index is -3.68. The number of hydrazine groups is 2. The summed E-state index contributed by atoms with van der Waals surface area (Å²) in [6, 6.07) is 25.0. The Kier molecular flexibility index (Phi) is 9.23. The van der Waals surface area contributed by atoms with Crippen LogP contribution in [0.3, 0.4) is 0 Å². The number of azo groups is 1. The van der Waals surface area contributed by atoms with Gasteiger partial charge in [-0.3, -0.25) is 5.43 Å². The average molecular weight is 660 g/mol. The van der Waals surface area contributed by atoms with Crippen molar-refractivity contribution < 1.29 is 8.42 Å².